The summed E-state index contributed by atoms with van der Waals surface area (Å²) in [5, 5.41) is 0. The molecule has 0 fully saturated rings. The second kappa shape index (κ2) is 8.83. The molecule has 0 atom stereocenters. The van der Waals surface area contributed by atoms with E-state index in [1.165, 1.54) is 44.5 Å². The summed E-state index contributed by atoms with van der Waals surface area (Å²) in [5.74, 6) is 0. The first kappa shape index (κ1) is 23.9. The lowest BCUT2D eigenvalue weighted by atomic mass is 9.79. The van der Waals surface area contributed by atoms with Gasteiger partial charge in [0.05, 0.1) is 0 Å². The van der Waals surface area contributed by atoms with Gasteiger partial charge in [0.1, 0.15) is 0 Å². The van der Waals surface area contributed by atoms with E-state index in [9.17, 15) is 0 Å². The van der Waals surface area contributed by atoms with E-state index in [1.54, 1.807) is 0 Å². The van der Waals surface area contributed by atoms with E-state index in [0.717, 1.165) is 11.1 Å². The number of hydrogen-bond acceptors (Lipinski definition) is 2. The van der Waals surface area contributed by atoms with Crippen molar-refractivity contribution in [2.45, 2.75) is 66.2 Å². The van der Waals surface area contributed by atoms with Gasteiger partial charge in [0.15, 0.2) is 0 Å². The first-order valence-electron chi connectivity index (χ1n) is 12.1. The number of pyridine rings is 2. The lowest BCUT2D eigenvalue weighted by Gasteiger charge is -2.25. The molecule has 0 aliphatic carbocycles. The molecule has 0 saturated carbocycles. The normalized spacial score (nSPS) is 12.1. The Bertz CT molecular complexity index is 1320. The summed E-state index contributed by atoms with van der Waals surface area (Å²) in [6.45, 7) is 18.1. The predicted octanol–water partition coefficient (Wildman–Crippen LogP) is 8.69. The van der Waals surface area contributed by atoms with Gasteiger partial charge < -0.3 is 0 Å². The molecule has 0 saturated heterocycles. The van der Waals surface area contributed by atoms with Crippen LogP contribution in [0.5, 0.6) is 0 Å². The van der Waals surface area contributed by atoms with Crippen LogP contribution in [0.1, 0.15) is 63.8 Å². The first-order chi connectivity index (χ1) is 16.0. The molecule has 174 valence electrons. The molecule has 0 amide bonds. The Morgan fingerprint density at radius 1 is 0.529 bits per heavy atom. The summed E-state index contributed by atoms with van der Waals surface area (Å²) in [6.07, 6.45) is 7.71. The van der Waals surface area contributed by atoms with Crippen LogP contribution in [0.4, 0.5) is 0 Å². The van der Waals surface area contributed by atoms with Crippen LogP contribution in [0.15, 0.2) is 73.3 Å². The Morgan fingerprint density at radius 3 is 1.79 bits per heavy atom. The zero-order valence-electron chi connectivity index (χ0n) is 21.8. The zero-order valence-corrected chi connectivity index (χ0v) is 21.8. The Balaban J connectivity index is 1.90. The van der Waals surface area contributed by atoms with Gasteiger partial charge >= 0.3 is 0 Å². The molecule has 0 spiro atoms. The molecule has 34 heavy (non-hydrogen) atoms. The average molecular weight is 449 g/mol. The van der Waals surface area contributed by atoms with Crippen molar-refractivity contribution in [2.24, 2.45) is 0 Å². The molecule has 0 aliphatic rings. The van der Waals surface area contributed by atoms with E-state index in [-0.39, 0.29) is 10.8 Å². The molecule has 2 heteroatoms. The molecule has 0 unspecified atom stereocenters. The highest BCUT2D eigenvalue weighted by molar-refractivity contribution is 5.80. The molecule has 2 aromatic carbocycles. The largest absolute Gasteiger partial charge is 0.265 e. The van der Waals surface area contributed by atoms with E-state index in [0.29, 0.717) is 0 Å². The van der Waals surface area contributed by atoms with Crippen LogP contribution < -0.4 is 0 Å². The molecule has 0 N–H and O–H groups in total. The summed E-state index contributed by atoms with van der Waals surface area (Å²) < 4.78 is 0. The van der Waals surface area contributed by atoms with Crippen molar-refractivity contribution >= 4 is 0 Å². The van der Waals surface area contributed by atoms with Gasteiger partial charge in [-0.2, -0.15) is 0 Å². The van der Waals surface area contributed by atoms with Gasteiger partial charge in [-0.15, -0.1) is 0 Å². The van der Waals surface area contributed by atoms with Crippen molar-refractivity contribution in [3.8, 4) is 33.4 Å². The van der Waals surface area contributed by atoms with Gasteiger partial charge in [-0.3, -0.25) is 9.97 Å². The summed E-state index contributed by atoms with van der Waals surface area (Å²) in [4.78, 5) is 8.90. The lowest BCUT2D eigenvalue weighted by Crippen LogP contribution is -2.14. The molecule has 0 radical (unpaired) electrons. The highest BCUT2D eigenvalue weighted by Gasteiger charge is 2.21. The third-order valence-corrected chi connectivity index (χ3v) is 6.73. The quantitative estimate of drug-likeness (QED) is 0.313. The van der Waals surface area contributed by atoms with Crippen LogP contribution in [0.2, 0.25) is 0 Å². The topological polar surface area (TPSA) is 25.8 Å². The van der Waals surface area contributed by atoms with Crippen LogP contribution >= 0.6 is 0 Å². The summed E-state index contributed by atoms with van der Waals surface area (Å²) in [6, 6.07) is 17.7. The summed E-state index contributed by atoms with van der Waals surface area (Å²) in [5.41, 5.74) is 12.7. The van der Waals surface area contributed by atoms with E-state index < -0.39 is 0 Å². The fourth-order valence-corrected chi connectivity index (χ4v) is 5.00. The average Bonchev–Trinajstić information content (AvgIpc) is 2.78. The van der Waals surface area contributed by atoms with Gasteiger partial charge in [0.2, 0.25) is 0 Å². The van der Waals surface area contributed by atoms with Crippen LogP contribution in [0.3, 0.4) is 0 Å². The van der Waals surface area contributed by atoms with E-state index in [2.05, 4.69) is 114 Å². The van der Waals surface area contributed by atoms with Crippen molar-refractivity contribution in [1.82, 2.24) is 9.97 Å². The predicted molar refractivity (Wildman–Crippen MR) is 145 cm³/mol. The third kappa shape index (κ3) is 4.68. The minimum atomic E-state index is 0.0323. The monoisotopic (exact) mass is 448 g/mol. The van der Waals surface area contributed by atoms with Crippen LogP contribution in [-0.2, 0) is 10.8 Å². The second-order valence-electron chi connectivity index (χ2n) is 11.4. The first-order valence-corrected chi connectivity index (χ1v) is 12.1. The van der Waals surface area contributed by atoms with Crippen LogP contribution in [0.25, 0.3) is 33.4 Å². The highest BCUT2D eigenvalue weighted by Crippen LogP contribution is 2.38. The zero-order chi connectivity index (χ0) is 24.7. The van der Waals surface area contributed by atoms with Crippen molar-refractivity contribution in [3.63, 3.8) is 0 Å². The Kier molecular flexibility index (Phi) is 6.20. The van der Waals surface area contributed by atoms with Crippen LogP contribution in [0, 0.1) is 13.8 Å². The minimum Gasteiger partial charge on any atom is -0.265 e. The smallest absolute Gasteiger partial charge is 0.0346 e. The minimum absolute atomic E-state index is 0.0323. The van der Waals surface area contributed by atoms with Gasteiger partial charge in [-0.1, -0.05) is 65.8 Å². The van der Waals surface area contributed by atoms with Gasteiger partial charge in [-0.05, 0) is 93.5 Å². The van der Waals surface area contributed by atoms with Gasteiger partial charge in [-0.25, -0.2) is 0 Å². The van der Waals surface area contributed by atoms with Crippen molar-refractivity contribution in [3.05, 3.63) is 95.6 Å². The van der Waals surface area contributed by atoms with E-state index in [1.807, 2.05) is 24.8 Å². The molecular formula is C32H36N2. The number of aromatic nitrogens is 2. The maximum atomic E-state index is 4.68. The summed E-state index contributed by atoms with van der Waals surface area (Å²) in [7, 11) is 0. The van der Waals surface area contributed by atoms with Crippen molar-refractivity contribution in [2.75, 3.05) is 0 Å². The lowest BCUT2D eigenvalue weighted by molar-refractivity contribution is 0.586. The SMILES string of the molecule is Cc1c(-c2cncc(-c3cc(-c4ccncc4)c(C)c(C(C)(C)C)c3)c2)cccc1C(C)(C)C. The molecule has 0 aliphatic heterocycles. The Labute approximate surface area is 205 Å². The molecular weight excluding hydrogens is 412 g/mol. The molecule has 2 nitrogen and oxygen atoms in total. The van der Waals surface area contributed by atoms with Crippen molar-refractivity contribution < 1.29 is 0 Å². The molecule has 2 heterocycles. The number of nitrogens with zero attached hydrogens (tertiary/aromatic N) is 2. The Morgan fingerprint density at radius 2 is 1.15 bits per heavy atom. The fourth-order valence-electron chi connectivity index (χ4n) is 5.00. The Hall–Kier alpha value is -3.26. The number of rotatable bonds is 3. The third-order valence-electron chi connectivity index (χ3n) is 6.73. The maximum Gasteiger partial charge on any atom is 0.0346 e. The van der Waals surface area contributed by atoms with Crippen LogP contribution in [-0.4, -0.2) is 9.97 Å². The molecule has 4 aromatic rings. The second-order valence-corrected chi connectivity index (χ2v) is 11.4. The van der Waals surface area contributed by atoms with Gasteiger partial charge in [0.25, 0.3) is 0 Å². The van der Waals surface area contributed by atoms with E-state index in [4.69, 9.17) is 0 Å². The number of benzene rings is 2. The molecule has 0 bridgehead atoms. The molecule has 4 rings (SSSR count). The molecule has 2 aromatic heterocycles. The van der Waals surface area contributed by atoms with Gasteiger partial charge in [0, 0.05) is 35.9 Å². The summed E-state index contributed by atoms with van der Waals surface area (Å²) >= 11 is 0. The van der Waals surface area contributed by atoms with Crippen molar-refractivity contribution in [1.29, 1.82) is 0 Å². The maximum absolute atomic E-state index is 4.68. The standard InChI is InChI=1S/C32H36N2/c1-21-27(10-9-11-29(21)31(3,4)5)26-16-25(19-34-20-26)24-17-28(23-12-14-33-15-13-23)22(2)30(18-24)32(6,7)8/h9-20H,1-8H3. The number of hydrogen-bond donors (Lipinski definition) is 0. The highest BCUT2D eigenvalue weighted by atomic mass is 14.6. The van der Waals surface area contributed by atoms with E-state index >= 15 is 0 Å². The fraction of sp³-hybridized carbons (Fsp3) is 0.312.